The van der Waals surface area contributed by atoms with E-state index in [4.69, 9.17) is 28.4 Å². The van der Waals surface area contributed by atoms with Gasteiger partial charge in [-0.05, 0) is 46.9 Å². The molecule has 1 fully saturated rings. The van der Waals surface area contributed by atoms with Crippen LogP contribution in [0.3, 0.4) is 0 Å². The molecule has 0 spiro atoms. The largest absolute Gasteiger partial charge is 0.458 e. The second-order valence-corrected chi connectivity index (χ2v) is 17.5. The number of esters is 1. The highest BCUT2D eigenvalue weighted by molar-refractivity contribution is 7.87. The molecule has 0 saturated carbocycles. The second kappa shape index (κ2) is 23.2. The molecular weight excluding hydrogens is 827 g/mol. The summed E-state index contributed by atoms with van der Waals surface area (Å²) in [4.78, 5) is 26.7. The monoisotopic (exact) mass is 881 g/mol. The Balaban J connectivity index is 1.36. The Labute approximate surface area is 378 Å². The van der Waals surface area contributed by atoms with Crippen LogP contribution < -0.4 is 5.32 Å². The first-order chi connectivity index (χ1) is 31.3. The minimum Gasteiger partial charge on any atom is -0.458 e. The van der Waals surface area contributed by atoms with Gasteiger partial charge in [-0.15, -0.1) is 0 Å². The third kappa shape index (κ3) is 12.7. The van der Waals surface area contributed by atoms with Crippen molar-refractivity contribution in [2.24, 2.45) is 0 Å². The maximum atomic E-state index is 15.4. The van der Waals surface area contributed by atoms with Gasteiger partial charge in [0.2, 0.25) is 10.8 Å². The molecule has 1 aliphatic heterocycles. The van der Waals surface area contributed by atoms with Crippen LogP contribution >= 0.6 is 0 Å². The number of rotatable bonds is 21. The van der Waals surface area contributed by atoms with Crippen molar-refractivity contribution in [3.05, 3.63) is 209 Å². The van der Waals surface area contributed by atoms with Gasteiger partial charge >= 0.3 is 5.97 Å². The molecule has 332 valence electrons. The molecule has 1 unspecified atom stereocenters. The normalized spacial score (nSPS) is 19.8. The Kier molecular flexibility index (Phi) is 16.8. The average molecular weight is 882 g/mol. The van der Waals surface area contributed by atoms with Crippen molar-refractivity contribution in [3.63, 3.8) is 0 Å². The lowest BCUT2D eigenvalue weighted by Gasteiger charge is -2.49. The number of benzene rings is 6. The summed E-state index contributed by atoms with van der Waals surface area (Å²) in [5.74, 6) is -1.21. The predicted octanol–water partition coefficient (Wildman–Crippen LogP) is 8.81. The van der Waals surface area contributed by atoms with Crippen molar-refractivity contribution in [3.8, 4) is 0 Å². The standard InChI is InChI=1S/C53H55NO9S/c1-39-28-30-46(31-29-39)64(57)53(52(56)62-37-45-26-16-7-17-27-45)32-47(59-34-42-20-10-4-11-21-42)49(54-40(2)55)51(63-53)50(61-36-44-24-14-6-15-25-44)48(60-35-43-22-12-5-13-23-43)38-58-33-41-18-8-3-9-19-41/h3-31,47-51H,32-38H2,1-2H3,(H,54,55)/t47-,48+,49+,50+,51+,53-,64?/m0/s1. The number of hydrogen-bond acceptors (Lipinski definition) is 9. The lowest BCUT2D eigenvalue weighted by molar-refractivity contribution is -0.232. The van der Waals surface area contributed by atoms with Gasteiger partial charge in [-0.1, -0.05) is 169 Å². The molecule has 1 amide bonds. The second-order valence-electron chi connectivity index (χ2n) is 15.8. The van der Waals surface area contributed by atoms with E-state index < -0.39 is 52.2 Å². The number of carbonyl (C=O) groups excluding carboxylic acids is 2. The van der Waals surface area contributed by atoms with Crippen LogP contribution in [0.25, 0.3) is 0 Å². The molecule has 64 heavy (non-hydrogen) atoms. The van der Waals surface area contributed by atoms with Gasteiger partial charge in [-0.3, -0.25) is 9.00 Å². The van der Waals surface area contributed by atoms with E-state index >= 15 is 9.00 Å². The highest BCUT2D eigenvalue weighted by Gasteiger charge is 2.60. The SMILES string of the molecule is CC(=O)N[C@H]1[C@H]([C@H](OCc2ccccc2)[C@@H](COCc2ccccc2)OCc2ccccc2)O[C@](C(=O)OCc2ccccc2)(S(=O)c2ccc(C)cc2)C[C@@H]1OCc1ccccc1. The molecule has 10 nitrogen and oxygen atoms in total. The number of ether oxygens (including phenoxy) is 6. The van der Waals surface area contributed by atoms with Crippen LogP contribution in [-0.4, -0.2) is 58.1 Å². The van der Waals surface area contributed by atoms with Crippen molar-refractivity contribution in [2.75, 3.05) is 6.61 Å². The van der Waals surface area contributed by atoms with Crippen LogP contribution in [-0.2, 0) is 81.8 Å². The third-order valence-electron chi connectivity index (χ3n) is 11.0. The summed E-state index contributed by atoms with van der Waals surface area (Å²) >= 11 is 0. The van der Waals surface area contributed by atoms with Gasteiger partial charge in [0.1, 0.15) is 24.9 Å². The summed E-state index contributed by atoms with van der Waals surface area (Å²) in [7, 11) is -2.19. The number of aryl methyl sites for hydroxylation is 1. The number of hydrogen-bond donors (Lipinski definition) is 1. The van der Waals surface area contributed by atoms with Crippen LogP contribution in [0.5, 0.6) is 0 Å². The van der Waals surface area contributed by atoms with Gasteiger partial charge in [0.05, 0.1) is 56.0 Å². The molecule has 0 radical (unpaired) electrons. The highest BCUT2D eigenvalue weighted by Crippen LogP contribution is 2.41. The van der Waals surface area contributed by atoms with Gasteiger partial charge in [0.25, 0.3) is 0 Å². The van der Waals surface area contributed by atoms with E-state index in [9.17, 15) is 4.79 Å². The quantitative estimate of drug-likeness (QED) is 0.0708. The Morgan fingerprint density at radius 3 is 1.62 bits per heavy atom. The molecule has 6 aromatic rings. The van der Waals surface area contributed by atoms with Gasteiger partial charge in [-0.2, -0.15) is 0 Å². The molecule has 6 aromatic carbocycles. The van der Waals surface area contributed by atoms with E-state index in [2.05, 4.69) is 5.32 Å². The first-order valence-electron chi connectivity index (χ1n) is 21.5. The highest BCUT2D eigenvalue weighted by atomic mass is 32.2. The van der Waals surface area contributed by atoms with E-state index in [0.29, 0.717) is 4.90 Å². The molecule has 1 heterocycles. The average Bonchev–Trinajstić information content (AvgIpc) is 3.33. The fourth-order valence-corrected chi connectivity index (χ4v) is 9.13. The van der Waals surface area contributed by atoms with Gasteiger partial charge in [0.15, 0.2) is 0 Å². The molecule has 7 atom stereocenters. The molecule has 1 aliphatic rings. The zero-order valence-corrected chi connectivity index (χ0v) is 37.0. The first-order valence-corrected chi connectivity index (χ1v) is 22.7. The molecule has 0 aromatic heterocycles. The minimum absolute atomic E-state index is 0.0237. The Morgan fingerprint density at radius 2 is 1.11 bits per heavy atom. The van der Waals surface area contributed by atoms with Gasteiger partial charge in [0, 0.05) is 18.2 Å². The Bertz CT molecular complexity index is 2360. The van der Waals surface area contributed by atoms with E-state index in [-0.39, 0.29) is 52.0 Å². The lowest BCUT2D eigenvalue weighted by Crippen LogP contribution is -2.69. The topological polar surface area (TPSA) is 119 Å². The van der Waals surface area contributed by atoms with Gasteiger partial charge < -0.3 is 33.7 Å². The van der Waals surface area contributed by atoms with Crippen molar-refractivity contribution >= 4 is 22.7 Å². The number of nitrogens with one attached hydrogen (secondary N) is 1. The predicted molar refractivity (Wildman–Crippen MR) is 245 cm³/mol. The lowest BCUT2D eigenvalue weighted by atomic mass is 9.89. The number of amides is 1. The smallest absolute Gasteiger partial charge is 0.352 e. The van der Waals surface area contributed by atoms with Crippen molar-refractivity contribution in [1.82, 2.24) is 5.32 Å². The zero-order chi connectivity index (χ0) is 44.6. The minimum atomic E-state index is -2.19. The molecule has 1 saturated heterocycles. The fraction of sp³-hybridized carbons (Fsp3) is 0.283. The third-order valence-corrected chi connectivity index (χ3v) is 12.7. The van der Waals surface area contributed by atoms with E-state index in [1.165, 1.54) is 6.92 Å². The van der Waals surface area contributed by atoms with E-state index in [1.807, 2.05) is 171 Å². The number of carbonyl (C=O) groups is 2. The summed E-state index contributed by atoms with van der Waals surface area (Å²) in [6.45, 7) is 3.93. The van der Waals surface area contributed by atoms with Crippen LogP contribution in [0.4, 0.5) is 0 Å². The maximum absolute atomic E-state index is 15.4. The molecule has 7 rings (SSSR count). The van der Waals surface area contributed by atoms with Crippen LogP contribution in [0.2, 0.25) is 0 Å². The maximum Gasteiger partial charge on any atom is 0.352 e. The molecule has 0 aliphatic carbocycles. The summed E-state index contributed by atoms with van der Waals surface area (Å²) in [6.07, 6.45) is -4.34. The Hall–Kier alpha value is -5.79. The molecule has 11 heteroatoms. The van der Waals surface area contributed by atoms with Crippen molar-refractivity contribution in [2.45, 2.75) is 93.6 Å². The van der Waals surface area contributed by atoms with E-state index in [1.54, 1.807) is 12.1 Å². The summed E-state index contributed by atoms with van der Waals surface area (Å²) < 4.78 is 55.7. The zero-order valence-electron chi connectivity index (χ0n) is 36.2. The molecule has 0 bridgehead atoms. The van der Waals surface area contributed by atoms with Crippen LogP contribution in [0.15, 0.2) is 181 Å². The summed E-state index contributed by atoms with van der Waals surface area (Å²) in [5, 5.41) is 3.11. The van der Waals surface area contributed by atoms with Crippen molar-refractivity contribution < 1.29 is 42.2 Å². The fourth-order valence-electron chi connectivity index (χ4n) is 7.64. The van der Waals surface area contributed by atoms with Crippen molar-refractivity contribution in [1.29, 1.82) is 0 Å². The molecule has 1 N–H and O–H groups in total. The molecular formula is C53H55NO9S. The summed E-state index contributed by atoms with van der Waals surface area (Å²) in [5.41, 5.74) is 5.27. The Morgan fingerprint density at radius 1 is 0.641 bits per heavy atom. The van der Waals surface area contributed by atoms with Crippen LogP contribution in [0, 0.1) is 6.92 Å². The van der Waals surface area contributed by atoms with E-state index in [0.717, 1.165) is 33.4 Å². The summed E-state index contributed by atoms with van der Waals surface area (Å²) in [6, 6.07) is 54.2. The van der Waals surface area contributed by atoms with Gasteiger partial charge in [-0.25, -0.2) is 4.79 Å². The van der Waals surface area contributed by atoms with Crippen LogP contribution in [0.1, 0.15) is 46.7 Å². The first kappa shape index (κ1) is 46.2.